The number of benzene rings is 2. The summed E-state index contributed by atoms with van der Waals surface area (Å²) in [5, 5.41) is 3.93. The molecule has 27 heavy (non-hydrogen) atoms. The molecule has 0 aliphatic carbocycles. The highest BCUT2D eigenvalue weighted by Gasteiger charge is 2.26. The number of hydrogen-bond acceptors (Lipinski definition) is 4. The van der Waals surface area contributed by atoms with Crippen LogP contribution in [0.1, 0.15) is 11.7 Å². The Morgan fingerprint density at radius 2 is 1.85 bits per heavy atom. The second kappa shape index (κ2) is 8.69. The van der Waals surface area contributed by atoms with Crippen molar-refractivity contribution in [2.75, 3.05) is 39.2 Å². The Morgan fingerprint density at radius 3 is 2.52 bits per heavy atom. The number of rotatable bonds is 4. The number of carbonyl (C=O) groups is 1. The van der Waals surface area contributed by atoms with E-state index < -0.39 is 0 Å². The highest BCUT2D eigenvalue weighted by molar-refractivity contribution is 6.32. The van der Waals surface area contributed by atoms with E-state index >= 15 is 0 Å². The minimum Gasteiger partial charge on any atom is -0.495 e. The van der Waals surface area contributed by atoms with E-state index in [4.69, 9.17) is 37.4 Å². The smallest absolute Gasteiger partial charge is 0.322 e. The Hall–Kier alpha value is -2.15. The van der Waals surface area contributed by atoms with Crippen LogP contribution in [-0.4, -0.2) is 44.8 Å². The third kappa shape index (κ3) is 4.58. The maximum absolute atomic E-state index is 12.8. The van der Waals surface area contributed by atoms with E-state index in [-0.39, 0.29) is 12.1 Å². The van der Waals surface area contributed by atoms with Crippen LogP contribution in [-0.2, 0) is 4.74 Å². The van der Waals surface area contributed by atoms with Gasteiger partial charge in [0.05, 0.1) is 38.1 Å². The third-order valence-electron chi connectivity index (χ3n) is 4.31. The lowest BCUT2D eigenvalue weighted by atomic mass is 10.1. The van der Waals surface area contributed by atoms with Crippen LogP contribution in [0.2, 0.25) is 10.0 Å². The molecule has 144 valence electrons. The van der Waals surface area contributed by atoms with Crippen molar-refractivity contribution in [1.29, 1.82) is 0 Å². The van der Waals surface area contributed by atoms with Gasteiger partial charge in [0.1, 0.15) is 17.6 Å². The van der Waals surface area contributed by atoms with Crippen molar-refractivity contribution in [1.82, 2.24) is 4.90 Å². The predicted octanol–water partition coefficient (Wildman–Crippen LogP) is 4.62. The minimum atomic E-state index is -0.250. The van der Waals surface area contributed by atoms with Gasteiger partial charge in [-0.25, -0.2) is 4.79 Å². The van der Waals surface area contributed by atoms with Gasteiger partial charge in [-0.2, -0.15) is 0 Å². The largest absolute Gasteiger partial charge is 0.495 e. The van der Waals surface area contributed by atoms with Crippen molar-refractivity contribution in [2.45, 2.75) is 6.10 Å². The Balaban J connectivity index is 1.73. The number of nitrogens with one attached hydrogen (secondary N) is 1. The number of methoxy groups -OCH3 is 2. The molecular weight excluding hydrogens is 391 g/mol. The van der Waals surface area contributed by atoms with Crippen LogP contribution >= 0.6 is 23.2 Å². The molecule has 1 fully saturated rings. The topological polar surface area (TPSA) is 60.0 Å². The quantitative estimate of drug-likeness (QED) is 0.798. The van der Waals surface area contributed by atoms with Crippen molar-refractivity contribution in [3.63, 3.8) is 0 Å². The molecule has 6 nitrogen and oxygen atoms in total. The number of ether oxygens (including phenoxy) is 3. The molecule has 0 saturated carbocycles. The minimum absolute atomic E-state index is 0.205. The molecule has 1 saturated heterocycles. The molecule has 0 spiro atoms. The van der Waals surface area contributed by atoms with E-state index in [0.717, 1.165) is 5.56 Å². The molecule has 0 unspecified atom stereocenters. The zero-order valence-electron chi connectivity index (χ0n) is 15.0. The first kappa shape index (κ1) is 19.6. The average Bonchev–Trinajstić information content (AvgIpc) is 2.69. The molecule has 1 atom stereocenters. The molecule has 3 rings (SSSR count). The normalized spacial score (nSPS) is 16.7. The van der Waals surface area contributed by atoms with E-state index in [0.29, 0.717) is 46.9 Å². The Bertz CT molecular complexity index is 814. The maximum Gasteiger partial charge on any atom is 0.322 e. The first-order valence-corrected chi connectivity index (χ1v) is 9.12. The number of anilines is 1. The van der Waals surface area contributed by atoms with Crippen LogP contribution in [0.25, 0.3) is 0 Å². The number of amides is 2. The fraction of sp³-hybridized carbons (Fsp3) is 0.316. The molecule has 0 bridgehead atoms. The maximum atomic E-state index is 12.8. The third-order valence-corrected chi connectivity index (χ3v) is 4.86. The molecule has 2 amide bonds. The van der Waals surface area contributed by atoms with Crippen molar-refractivity contribution in [2.24, 2.45) is 0 Å². The van der Waals surface area contributed by atoms with Gasteiger partial charge in [0.15, 0.2) is 0 Å². The summed E-state index contributed by atoms with van der Waals surface area (Å²) in [5.74, 6) is 0.908. The predicted molar refractivity (Wildman–Crippen MR) is 105 cm³/mol. The van der Waals surface area contributed by atoms with Gasteiger partial charge in [0.25, 0.3) is 0 Å². The van der Waals surface area contributed by atoms with Gasteiger partial charge in [-0.15, -0.1) is 0 Å². The highest BCUT2D eigenvalue weighted by Crippen LogP contribution is 2.36. The number of urea groups is 1. The first-order valence-electron chi connectivity index (χ1n) is 8.36. The van der Waals surface area contributed by atoms with E-state index in [2.05, 4.69) is 5.32 Å². The standard InChI is InChI=1S/C19H20Cl2N2O4/c1-25-16-10-15(17(26-2)9-14(16)21)22-19(24)23-7-8-27-18(11-23)12-3-5-13(20)6-4-12/h3-6,9-10,18H,7-8,11H2,1-2H3,(H,22,24)/t18-/m1/s1. The van der Waals surface area contributed by atoms with E-state index in [1.165, 1.54) is 14.2 Å². The number of nitrogens with zero attached hydrogens (tertiary/aromatic N) is 1. The Morgan fingerprint density at radius 1 is 1.15 bits per heavy atom. The summed E-state index contributed by atoms with van der Waals surface area (Å²) in [6.45, 7) is 1.37. The lowest BCUT2D eigenvalue weighted by Crippen LogP contribution is -2.44. The second-order valence-corrected chi connectivity index (χ2v) is 6.82. The highest BCUT2D eigenvalue weighted by atomic mass is 35.5. The molecule has 1 heterocycles. The molecule has 1 N–H and O–H groups in total. The fourth-order valence-corrected chi connectivity index (χ4v) is 3.22. The van der Waals surface area contributed by atoms with Crippen LogP contribution in [0.5, 0.6) is 11.5 Å². The summed E-state index contributed by atoms with van der Waals surface area (Å²) in [7, 11) is 3.02. The lowest BCUT2D eigenvalue weighted by molar-refractivity contribution is -0.0135. The zero-order chi connectivity index (χ0) is 19.4. The van der Waals surface area contributed by atoms with Gasteiger partial charge in [-0.05, 0) is 17.7 Å². The summed E-state index contributed by atoms with van der Waals surface area (Å²) >= 11 is 12.0. The van der Waals surface area contributed by atoms with Crippen LogP contribution in [0, 0.1) is 0 Å². The van der Waals surface area contributed by atoms with Crippen molar-refractivity contribution in [3.8, 4) is 11.5 Å². The number of morpholine rings is 1. The molecule has 0 aromatic heterocycles. The molecule has 8 heteroatoms. The summed E-state index contributed by atoms with van der Waals surface area (Å²) in [6.07, 6.45) is -0.205. The molecule has 1 aliphatic rings. The fourth-order valence-electron chi connectivity index (χ4n) is 2.87. The molecule has 2 aromatic rings. The molecule has 1 aliphatic heterocycles. The number of carbonyl (C=O) groups excluding carboxylic acids is 1. The molecule has 2 aromatic carbocycles. The van der Waals surface area contributed by atoms with Crippen molar-refractivity contribution < 1.29 is 19.0 Å². The van der Waals surface area contributed by atoms with Crippen LogP contribution in [0.15, 0.2) is 36.4 Å². The van der Waals surface area contributed by atoms with Gasteiger partial charge >= 0.3 is 6.03 Å². The van der Waals surface area contributed by atoms with Crippen LogP contribution in [0.4, 0.5) is 10.5 Å². The molecule has 0 radical (unpaired) electrons. The zero-order valence-corrected chi connectivity index (χ0v) is 16.5. The van der Waals surface area contributed by atoms with E-state index in [1.807, 2.05) is 24.3 Å². The monoisotopic (exact) mass is 410 g/mol. The van der Waals surface area contributed by atoms with Gasteiger partial charge in [-0.3, -0.25) is 0 Å². The van der Waals surface area contributed by atoms with Crippen LogP contribution < -0.4 is 14.8 Å². The van der Waals surface area contributed by atoms with Gasteiger partial charge in [-0.1, -0.05) is 35.3 Å². The summed E-state index contributed by atoms with van der Waals surface area (Å²) in [6, 6.07) is 10.4. The average molecular weight is 411 g/mol. The second-order valence-electron chi connectivity index (χ2n) is 5.97. The first-order chi connectivity index (χ1) is 13.0. The van der Waals surface area contributed by atoms with Gasteiger partial charge in [0, 0.05) is 23.7 Å². The Labute approximate surface area is 167 Å². The van der Waals surface area contributed by atoms with Gasteiger partial charge < -0.3 is 24.4 Å². The van der Waals surface area contributed by atoms with Crippen molar-refractivity contribution >= 4 is 34.9 Å². The van der Waals surface area contributed by atoms with Crippen LogP contribution in [0.3, 0.4) is 0 Å². The SMILES string of the molecule is COc1cc(NC(=O)N2CCO[C@@H](c3ccc(Cl)cc3)C2)c(OC)cc1Cl. The lowest BCUT2D eigenvalue weighted by Gasteiger charge is -2.33. The van der Waals surface area contributed by atoms with E-state index in [1.54, 1.807) is 17.0 Å². The summed E-state index contributed by atoms with van der Waals surface area (Å²) < 4.78 is 16.3. The van der Waals surface area contributed by atoms with E-state index in [9.17, 15) is 4.79 Å². The summed E-state index contributed by atoms with van der Waals surface area (Å²) in [4.78, 5) is 14.5. The number of hydrogen-bond donors (Lipinski definition) is 1. The molecular formula is C19H20Cl2N2O4. The van der Waals surface area contributed by atoms with Gasteiger partial charge in [0.2, 0.25) is 0 Å². The summed E-state index contributed by atoms with van der Waals surface area (Å²) in [5.41, 5.74) is 1.46. The Kier molecular flexibility index (Phi) is 6.31. The van der Waals surface area contributed by atoms with Crippen molar-refractivity contribution in [3.05, 3.63) is 52.0 Å². The number of halogens is 2.